The van der Waals surface area contributed by atoms with Crippen LogP contribution in [0.5, 0.6) is 0 Å². The molecule has 0 radical (unpaired) electrons. The molecule has 0 amide bonds. The molecule has 2 rings (SSSR count). The van der Waals surface area contributed by atoms with Gasteiger partial charge in [0.1, 0.15) is 0 Å². The summed E-state index contributed by atoms with van der Waals surface area (Å²) in [6.45, 7) is 4.52. The molecule has 4 heteroatoms. The number of rotatable bonds is 4. The Morgan fingerprint density at radius 3 is 3.07 bits per heavy atom. The van der Waals surface area contributed by atoms with E-state index in [1.807, 2.05) is 23.1 Å². The minimum absolute atomic E-state index is 0.332. The second-order valence-corrected chi connectivity index (χ2v) is 4.26. The van der Waals surface area contributed by atoms with Crippen LogP contribution in [0.15, 0.2) is 18.5 Å². The van der Waals surface area contributed by atoms with E-state index < -0.39 is 0 Å². The number of hydrogen-bond donors (Lipinski definition) is 1. The molecule has 15 heavy (non-hydrogen) atoms. The molecule has 0 spiro atoms. The minimum Gasteiger partial charge on any atom is -0.396 e. The normalized spacial score (nSPS) is 23.1. The number of nitrogens with zero attached hydrogens (tertiary/aromatic N) is 3. The molecular formula is C11H19N3O. The molecule has 1 N–H and O–H groups in total. The van der Waals surface area contributed by atoms with E-state index in [4.69, 9.17) is 5.11 Å². The highest BCUT2D eigenvalue weighted by Gasteiger charge is 2.18. The average molecular weight is 209 g/mol. The molecule has 0 aromatic carbocycles. The van der Waals surface area contributed by atoms with Crippen LogP contribution >= 0.6 is 0 Å². The van der Waals surface area contributed by atoms with Crippen molar-refractivity contribution in [3.63, 3.8) is 0 Å². The maximum absolute atomic E-state index is 9.12. The standard InChI is InChI=1S/C11H19N3O/c15-10-11-3-1-5-13(9-11)7-8-14-6-2-4-12-14/h2,4,6,11,15H,1,3,5,7-10H2. The fourth-order valence-electron chi connectivity index (χ4n) is 2.18. The van der Waals surface area contributed by atoms with E-state index in [2.05, 4.69) is 10.00 Å². The molecule has 0 saturated carbocycles. The maximum atomic E-state index is 9.12. The van der Waals surface area contributed by atoms with Crippen molar-refractivity contribution in [1.29, 1.82) is 0 Å². The number of hydrogen-bond acceptors (Lipinski definition) is 3. The van der Waals surface area contributed by atoms with Crippen molar-refractivity contribution in [2.45, 2.75) is 19.4 Å². The summed E-state index contributed by atoms with van der Waals surface area (Å²) in [4.78, 5) is 2.42. The lowest BCUT2D eigenvalue weighted by Crippen LogP contribution is -2.38. The van der Waals surface area contributed by atoms with E-state index in [-0.39, 0.29) is 0 Å². The van der Waals surface area contributed by atoms with Crippen LogP contribution in [0.4, 0.5) is 0 Å². The van der Waals surface area contributed by atoms with Gasteiger partial charge in [0, 0.05) is 32.1 Å². The van der Waals surface area contributed by atoms with E-state index in [0.717, 1.165) is 26.2 Å². The predicted molar refractivity (Wildman–Crippen MR) is 58.5 cm³/mol. The summed E-state index contributed by atoms with van der Waals surface area (Å²) in [6.07, 6.45) is 6.19. The van der Waals surface area contributed by atoms with Crippen molar-refractivity contribution in [3.05, 3.63) is 18.5 Å². The monoisotopic (exact) mass is 209 g/mol. The third kappa shape index (κ3) is 3.04. The summed E-state index contributed by atoms with van der Waals surface area (Å²) in [7, 11) is 0. The van der Waals surface area contributed by atoms with Gasteiger partial charge in [-0.2, -0.15) is 5.10 Å². The number of aliphatic hydroxyl groups is 1. The summed E-state index contributed by atoms with van der Waals surface area (Å²) < 4.78 is 1.96. The Kier molecular flexibility index (Phi) is 3.75. The Morgan fingerprint density at radius 2 is 2.33 bits per heavy atom. The molecule has 1 aromatic heterocycles. The van der Waals surface area contributed by atoms with Gasteiger partial charge in [0.25, 0.3) is 0 Å². The van der Waals surface area contributed by atoms with Gasteiger partial charge in [-0.15, -0.1) is 0 Å². The highest BCUT2D eigenvalue weighted by atomic mass is 16.3. The van der Waals surface area contributed by atoms with E-state index in [1.165, 1.54) is 12.8 Å². The van der Waals surface area contributed by atoms with Crippen LogP contribution in [0.25, 0.3) is 0 Å². The molecule has 1 aromatic rings. The van der Waals surface area contributed by atoms with Gasteiger partial charge in [-0.1, -0.05) is 0 Å². The van der Waals surface area contributed by atoms with Crippen molar-refractivity contribution in [2.75, 3.05) is 26.2 Å². The zero-order valence-corrected chi connectivity index (χ0v) is 9.05. The third-order valence-corrected chi connectivity index (χ3v) is 3.07. The maximum Gasteiger partial charge on any atom is 0.0536 e. The lowest BCUT2D eigenvalue weighted by molar-refractivity contribution is 0.117. The smallest absolute Gasteiger partial charge is 0.0536 e. The summed E-state index contributed by atoms with van der Waals surface area (Å²) >= 11 is 0. The van der Waals surface area contributed by atoms with Gasteiger partial charge in [-0.25, -0.2) is 0 Å². The molecule has 1 aliphatic rings. The number of piperidine rings is 1. The summed E-state index contributed by atoms with van der Waals surface area (Å²) in [5, 5.41) is 13.3. The SMILES string of the molecule is OCC1CCCN(CCn2cccn2)C1. The highest BCUT2D eigenvalue weighted by molar-refractivity contribution is 4.78. The van der Waals surface area contributed by atoms with Crippen LogP contribution in [0.3, 0.4) is 0 Å². The van der Waals surface area contributed by atoms with Gasteiger partial charge in [0.15, 0.2) is 0 Å². The molecule has 1 atom stereocenters. The van der Waals surface area contributed by atoms with Gasteiger partial charge in [-0.05, 0) is 31.4 Å². The topological polar surface area (TPSA) is 41.3 Å². The summed E-state index contributed by atoms with van der Waals surface area (Å²) in [5.41, 5.74) is 0. The summed E-state index contributed by atoms with van der Waals surface area (Å²) in [5.74, 6) is 0.483. The molecule has 1 unspecified atom stereocenters. The number of aliphatic hydroxyl groups excluding tert-OH is 1. The third-order valence-electron chi connectivity index (χ3n) is 3.07. The lowest BCUT2D eigenvalue weighted by atomic mass is 9.99. The van der Waals surface area contributed by atoms with Crippen molar-refractivity contribution >= 4 is 0 Å². The van der Waals surface area contributed by atoms with E-state index >= 15 is 0 Å². The molecule has 84 valence electrons. The largest absolute Gasteiger partial charge is 0.396 e. The second-order valence-electron chi connectivity index (χ2n) is 4.26. The van der Waals surface area contributed by atoms with Crippen molar-refractivity contribution in [3.8, 4) is 0 Å². The van der Waals surface area contributed by atoms with Crippen molar-refractivity contribution < 1.29 is 5.11 Å². The Balaban J connectivity index is 1.74. The van der Waals surface area contributed by atoms with E-state index in [0.29, 0.717) is 12.5 Å². The molecule has 0 aliphatic carbocycles. The Labute approximate surface area is 90.5 Å². The van der Waals surface area contributed by atoms with Crippen LogP contribution in [0.1, 0.15) is 12.8 Å². The molecule has 2 heterocycles. The van der Waals surface area contributed by atoms with Gasteiger partial charge in [0.2, 0.25) is 0 Å². The van der Waals surface area contributed by atoms with Gasteiger partial charge in [-0.3, -0.25) is 4.68 Å². The Hall–Kier alpha value is -0.870. The zero-order valence-electron chi connectivity index (χ0n) is 9.05. The molecule has 1 saturated heterocycles. The van der Waals surface area contributed by atoms with Crippen LogP contribution in [-0.2, 0) is 6.54 Å². The lowest BCUT2D eigenvalue weighted by Gasteiger charge is -2.31. The predicted octanol–water partition coefficient (Wildman–Crippen LogP) is 0.587. The van der Waals surface area contributed by atoms with Crippen molar-refractivity contribution in [2.24, 2.45) is 5.92 Å². The van der Waals surface area contributed by atoms with Crippen LogP contribution in [-0.4, -0.2) is 46.0 Å². The Morgan fingerprint density at radius 1 is 1.40 bits per heavy atom. The quantitative estimate of drug-likeness (QED) is 0.789. The zero-order chi connectivity index (χ0) is 10.5. The highest BCUT2D eigenvalue weighted by Crippen LogP contribution is 2.15. The fourth-order valence-corrected chi connectivity index (χ4v) is 2.18. The first-order valence-corrected chi connectivity index (χ1v) is 5.69. The van der Waals surface area contributed by atoms with E-state index in [9.17, 15) is 0 Å². The van der Waals surface area contributed by atoms with Gasteiger partial charge in [0.05, 0.1) is 6.54 Å². The second kappa shape index (κ2) is 5.28. The minimum atomic E-state index is 0.332. The number of likely N-dealkylation sites (tertiary alicyclic amines) is 1. The van der Waals surface area contributed by atoms with E-state index in [1.54, 1.807) is 0 Å². The van der Waals surface area contributed by atoms with Gasteiger partial charge >= 0.3 is 0 Å². The Bertz CT molecular complexity index is 273. The molecule has 1 aliphatic heterocycles. The molecule has 0 bridgehead atoms. The fraction of sp³-hybridized carbons (Fsp3) is 0.727. The first kappa shape index (κ1) is 10.6. The van der Waals surface area contributed by atoms with Gasteiger partial charge < -0.3 is 10.0 Å². The molecular weight excluding hydrogens is 190 g/mol. The summed E-state index contributed by atoms with van der Waals surface area (Å²) in [6, 6.07) is 1.95. The number of aromatic nitrogens is 2. The first-order chi connectivity index (χ1) is 7.38. The first-order valence-electron chi connectivity index (χ1n) is 5.69. The molecule has 4 nitrogen and oxygen atoms in total. The van der Waals surface area contributed by atoms with Crippen molar-refractivity contribution in [1.82, 2.24) is 14.7 Å². The van der Waals surface area contributed by atoms with Crippen LogP contribution < -0.4 is 0 Å². The molecule has 1 fully saturated rings. The average Bonchev–Trinajstić information content (AvgIpc) is 2.79. The van der Waals surface area contributed by atoms with Crippen LogP contribution in [0, 0.1) is 5.92 Å². The van der Waals surface area contributed by atoms with Crippen LogP contribution in [0.2, 0.25) is 0 Å².